The second kappa shape index (κ2) is 8.43. The number of alkyl halides is 3. The lowest BCUT2D eigenvalue weighted by molar-refractivity contribution is -0.143. The summed E-state index contributed by atoms with van der Waals surface area (Å²) < 4.78 is 56.4. The standard InChI is InChI=1S/C21H11ClF4N8O/c22-14-8-11(9-27-19(14)34-28-6-7-29-34)31-20(35)13-10-30-33(18(13)21(24,25)26)16-3-1-2-15-12(16)4-5-17(23)32-15/h1-10H,(H,31,35). The Morgan fingerprint density at radius 1 is 1.03 bits per heavy atom. The van der Waals surface area contributed by atoms with E-state index in [0.717, 1.165) is 17.1 Å². The van der Waals surface area contributed by atoms with Gasteiger partial charge in [-0.05, 0) is 30.3 Å². The van der Waals surface area contributed by atoms with Gasteiger partial charge in [0.1, 0.15) is 0 Å². The van der Waals surface area contributed by atoms with Gasteiger partial charge in [0.25, 0.3) is 5.91 Å². The van der Waals surface area contributed by atoms with E-state index in [-0.39, 0.29) is 33.1 Å². The molecule has 0 fully saturated rings. The highest BCUT2D eigenvalue weighted by Gasteiger charge is 2.41. The molecular weight excluding hydrogens is 492 g/mol. The normalized spacial score (nSPS) is 11.7. The third-order valence-corrected chi connectivity index (χ3v) is 5.15. The van der Waals surface area contributed by atoms with Gasteiger partial charge in [-0.2, -0.15) is 32.9 Å². The molecule has 0 unspecified atom stereocenters. The molecule has 0 saturated carbocycles. The molecule has 0 spiro atoms. The van der Waals surface area contributed by atoms with Crippen LogP contribution in [0.1, 0.15) is 16.1 Å². The van der Waals surface area contributed by atoms with E-state index in [1.807, 2.05) is 0 Å². The van der Waals surface area contributed by atoms with Gasteiger partial charge in [0.15, 0.2) is 11.5 Å². The van der Waals surface area contributed by atoms with E-state index in [2.05, 4.69) is 30.6 Å². The average Bonchev–Trinajstić information content (AvgIpc) is 3.49. The Bertz CT molecular complexity index is 1570. The summed E-state index contributed by atoms with van der Waals surface area (Å²) in [5.74, 6) is -1.71. The van der Waals surface area contributed by atoms with Crippen molar-refractivity contribution in [2.45, 2.75) is 6.18 Å². The summed E-state index contributed by atoms with van der Waals surface area (Å²) >= 11 is 6.16. The van der Waals surface area contributed by atoms with E-state index in [4.69, 9.17) is 11.6 Å². The number of hydrogen-bond acceptors (Lipinski definition) is 6. The molecule has 0 radical (unpaired) electrons. The number of nitrogens with zero attached hydrogens (tertiary/aromatic N) is 7. The molecule has 0 atom stereocenters. The average molecular weight is 503 g/mol. The number of amides is 1. The van der Waals surface area contributed by atoms with Gasteiger partial charge in [-0.15, -0.1) is 4.80 Å². The Balaban J connectivity index is 1.53. The topological polar surface area (TPSA) is 103 Å². The number of rotatable bonds is 4. The lowest BCUT2D eigenvalue weighted by atomic mass is 10.1. The van der Waals surface area contributed by atoms with E-state index in [1.54, 1.807) is 0 Å². The third-order valence-electron chi connectivity index (χ3n) is 4.87. The molecule has 0 aliphatic rings. The SMILES string of the molecule is O=C(Nc1cnc(-n2nccn2)c(Cl)c1)c1cnn(-c2cccc3nc(F)ccc23)c1C(F)(F)F. The highest BCUT2D eigenvalue weighted by Crippen LogP contribution is 2.35. The fourth-order valence-electron chi connectivity index (χ4n) is 3.44. The number of anilines is 1. The van der Waals surface area contributed by atoms with Crippen molar-refractivity contribution in [1.82, 2.24) is 34.7 Å². The van der Waals surface area contributed by atoms with Crippen LogP contribution in [0.15, 0.2) is 61.2 Å². The predicted molar refractivity (Wildman–Crippen MR) is 116 cm³/mol. The van der Waals surface area contributed by atoms with Crippen molar-refractivity contribution >= 4 is 34.1 Å². The number of pyridine rings is 2. The number of fused-ring (bicyclic) bond motifs is 1. The smallest absolute Gasteiger partial charge is 0.320 e. The monoisotopic (exact) mass is 502 g/mol. The van der Waals surface area contributed by atoms with Crippen molar-refractivity contribution < 1.29 is 22.4 Å². The van der Waals surface area contributed by atoms with Gasteiger partial charge in [0, 0.05) is 5.39 Å². The van der Waals surface area contributed by atoms with Gasteiger partial charge in [-0.25, -0.2) is 14.6 Å². The van der Waals surface area contributed by atoms with Crippen LogP contribution in [0.25, 0.3) is 22.4 Å². The fourth-order valence-corrected chi connectivity index (χ4v) is 3.68. The molecule has 1 amide bonds. The molecule has 5 aromatic rings. The first-order valence-corrected chi connectivity index (χ1v) is 10.1. The molecule has 14 heteroatoms. The second-order valence-corrected chi connectivity index (χ2v) is 7.50. The van der Waals surface area contributed by atoms with Gasteiger partial charge in [0.2, 0.25) is 5.95 Å². The van der Waals surface area contributed by atoms with Crippen LogP contribution in [0.3, 0.4) is 0 Å². The molecule has 35 heavy (non-hydrogen) atoms. The number of nitrogens with one attached hydrogen (secondary N) is 1. The maximum Gasteiger partial charge on any atom is 0.434 e. The molecule has 1 N–H and O–H groups in total. The molecule has 9 nitrogen and oxygen atoms in total. The van der Waals surface area contributed by atoms with E-state index in [1.165, 1.54) is 48.9 Å². The summed E-state index contributed by atoms with van der Waals surface area (Å²) in [6, 6.07) is 7.83. The van der Waals surface area contributed by atoms with Crippen molar-refractivity contribution in [3.8, 4) is 11.5 Å². The van der Waals surface area contributed by atoms with Gasteiger partial charge in [-0.1, -0.05) is 17.7 Å². The van der Waals surface area contributed by atoms with E-state index >= 15 is 0 Å². The van der Waals surface area contributed by atoms with Crippen LogP contribution in [-0.4, -0.2) is 40.6 Å². The zero-order valence-electron chi connectivity index (χ0n) is 17.2. The molecule has 176 valence electrons. The molecule has 0 saturated heterocycles. The minimum Gasteiger partial charge on any atom is -0.320 e. The van der Waals surface area contributed by atoms with Crippen molar-refractivity contribution in [3.63, 3.8) is 0 Å². The van der Waals surface area contributed by atoms with Crippen LogP contribution in [0.2, 0.25) is 5.02 Å². The van der Waals surface area contributed by atoms with Crippen LogP contribution < -0.4 is 5.32 Å². The van der Waals surface area contributed by atoms with Crippen LogP contribution in [0.4, 0.5) is 23.2 Å². The number of hydrogen-bond donors (Lipinski definition) is 1. The van der Waals surface area contributed by atoms with E-state index < -0.39 is 29.3 Å². The van der Waals surface area contributed by atoms with Crippen molar-refractivity contribution in [2.75, 3.05) is 5.32 Å². The van der Waals surface area contributed by atoms with E-state index in [9.17, 15) is 22.4 Å². The summed E-state index contributed by atoms with van der Waals surface area (Å²) in [6.45, 7) is 0. The minimum absolute atomic E-state index is 0.0258. The van der Waals surface area contributed by atoms with Crippen molar-refractivity contribution in [3.05, 3.63) is 83.4 Å². The highest BCUT2D eigenvalue weighted by molar-refractivity contribution is 6.32. The number of carbonyl (C=O) groups excluding carboxylic acids is 1. The summed E-state index contributed by atoms with van der Waals surface area (Å²) in [7, 11) is 0. The molecule has 5 rings (SSSR count). The van der Waals surface area contributed by atoms with Crippen molar-refractivity contribution in [2.24, 2.45) is 0 Å². The Hall–Kier alpha value is -4.39. The molecule has 0 bridgehead atoms. The van der Waals surface area contributed by atoms with Gasteiger partial charge in [0.05, 0.1) is 52.3 Å². The number of carbonyl (C=O) groups is 1. The fraction of sp³-hybridized carbons (Fsp3) is 0.0476. The largest absolute Gasteiger partial charge is 0.434 e. The molecule has 1 aromatic carbocycles. The number of halogens is 5. The highest BCUT2D eigenvalue weighted by atomic mass is 35.5. The van der Waals surface area contributed by atoms with Gasteiger partial charge >= 0.3 is 6.18 Å². The lowest BCUT2D eigenvalue weighted by Crippen LogP contribution is -2.21. The van der Waals surface area contributed by atoms with E-state index in [0.29, 0.717) is 4.68 Å². The first-order chi connectivity index (χ1) is 16.7. The molecular formula is C21H11ClF4N8O. The Morgan fingerprint density at radius 3 is 2.51 bits per heavy atom. The number of aromatic nitrogens is 7. The quantitative estimate of drug-likeness (QED) is 0.287. The zero-order chi connectivity index (χ0) is 24.7. The predicted octanol–water partition coefficient (Wildman–Crippen LogP) is 4.46. The summed E-state index contributed by atoms with van der Waals surface area (Å²) in [5, 5.41) is 14.2. The van der Waals surface area contributed by atoms with Crippen LogP contribution >= 0.6 is 11.6 Å². The van der Waals surface area contributed by atoms with Gasteiger partial charge < -0.3 is 5.32 Å². The molecule has 0 aliphatic heterocycles. The Labute approximate surface area is 198 Å². The van der Waals surface area contributed by atoms with Crippen molar-refractivity contribution in [1.29, 1.82) is 0 Å². The van der Waals surface area contributed by atoms with Gasteiger partial charge in [-0.3, -0.25) is 4.79 Å². The van der Waals surface area contributed by atoms with Crippen LogP contribution in [0, 0.1) is 5.95 Å². The Kier molecular flexibility index (Phi) is 5.40. The molecule has 0 aliphatic carbocycles. The lowest BCUT2D eigenvalue weighted by Gasteiger charge is -2.14. The first kappa shape index (κ1) is 22.4. The second-order valence-electron chi connectivity index (χ2n) is 7.10. The number of benzene rings is 1. The third kappa shape index (κ3) is 4.17. The maximum absolute atomic E-state index is 14.1. The zero-order valence-corrected chi connectivity index (χ0v) is 18.0. The first-order valence-electron chi connectivity index (χ1n) is 9.77. The summed E-state index contributed by atoms with van der Waals surface area (Å²) in [5.41, 5.74) is -1.91. The maximum atomic E-state index is 14.1. The minimum atomic E-state index is -4.95. The molecule has 4 heterocycles. The molecule has 4 aromatic heterocycles. The summed E-state index contributed by atoms with van der Waals surface area (Å²) in [6.07, 6.45) is -0.139. The van der Waals surface area contributed by atoms with Crippen LogP contribution in [0.5, 0.6) is 0 Å². The Morgan fingerprint density at radius 2 is 1.80 bits per heavy atom. The summed E-state index contributed by atoms with van der Waals surface area (Å²) in [4.78, 5) is 21.7. The van der Waals surface area contributed by atoms with Crippen LogP contribution in [-0.2, 0) is 6.18 Å².